The molecule has 0 aliphatic carbocycles. The van der Waals surface area contributed by atoms with Crippen LogP contribution in [0.25, 0.3) is 0 Å². The highest BCUT2D eigenvalue weighted by Gasteiger charge is 2.17. The van der Waals surface area contributed by atoms with Gasteiger partial charge >= 0.3 is 7.12 Å². The van der Waals surface area contributed by atoms with Gasteiger partial charge in [-0.25, -0.2) is 0 Å². The largest absolute Gasteiger partial charge is 0.497 e. The molecule has 0 atom stereocenters. The highest BCUT2D eigenvalue weighted by atomic mass is 32.2. The summed E-state index contributed by atoms with van der Waals surface area (Å²) in [6, 6.07) is 5.56. The van der Waals surface area contributed by atoms with Crippen molar-refractivity contribution in [1.29, 1.82) is 0 Å². The maximum absolute atomic E-state index is 9.27. The molecule has 0 aliphatic heterocycles. The van der Waals surface area contributed by atoms with Crippen LogP contribution in [0, 0.1) is 0 Å². The Morgan fingerprint density at radius 3 is 2.67 bits per heavy atom. The molecule has 0 bridgehead atoms. The normalized spacial score (nSPS) is 10.4. The summed E-state index contributed by atoms with van der Waals surface area (Å²) in [4.78, 5) is 0. The van der Waals surface area contributed by atoms with E-state index in [9.17, 15) is 10.0 Å². The minimum Gasteiger partial charge on any atom is -0.497 e. The van der Waals surface area contributed by atoms with Gasteiger partial charge < -0.3 is 14.8 Å². The first-order chi connectivity index (χ1) is 8.69. The Bertz CT molecular complexity index is 358. The Balaban J connectivity index is 2.53. The smallest absolute Gasteiger partial charge is 0.492 e. The van der Waals surface area contributed by atoms with Crippen LogP contribution in [-0.2, 0) is 5.75 Å². The van der Waals surface area contributed by atoms with Crippen LogP contribution in [0.3, 0.4) is 0 Å². The summed E-state index contributed by atoms with van der Waals surface area (Å²) in [5.74, 6) is 2.56. The summed E-state index contributed by atoms with van der Waals surface area (Å²) in [5, 5.41) is 18.5. The number of thioether (sulfide) groups is 1. The van der Waals surface area contributed by atoms with Gasteiger partial charge in [-0.1, -0.05) is 31.9 Å². The zero-order valence-electron chi connectivity index (χ0n) is 11.1. The van der Waals surface area contributed by atoms with Crippen molar-refractivity contribution < 1.29 is 14.8 Å². The lowest BCUT2D eigenvalue weighted by molar-refractivity contribution is 0.403. The van der Waals surface area contributed by atoms with Crippen molar-refractivity contribution in [3.8, 4) is 5.75 Å². The fourth-order valence-electron chi connectivity index (χ4n) is 1.72. The maximum atomic E-state index is 9.27. The lowest BCUT2D eigenvalue weighted by atomic mass is 9.79. The molecule has 18 heavy (non-hydrogen) atoms. The minimum absolute atomic E-state index is 0.434. The van der Waals surface area contributed by atoms with Crippen LogP contribution in [0.15, 0.2) is 18.2 Å². The molecule has 0 spiro atoms. The summed E-state index contributed by atoms with van der Waals surface area (Å²) >= 11 is 1.88. The number of methoxy groups -OCH3 is 1. The van der Waals surface area contributed by atoms with E-state index in [-0.39, 0.29) is 0 Å². The lowest BCUT2D eigenvalue weighted by Crippen LogP contribution is -2.31. The highest BCUT2D eigenvalue weighted by molar-refractivity contribution is 7.98. The van der Waals surface area contributed by atoms with Gasteiger partial charge in [0.2, 0.25) is 0 Å². The van der Waals surface area contributed by atoms with E-state index in [1.807, 2.05) is 17.8 Å². The molecule has 5 heteroatoms. The molecule has 0 fully saturated rings. The molecule has 0 aromatic heterocycles. The van der Waals surface area contributed by atoms with E-state index in [0.29, 0.717) is 11.2 Å². The van der Waals surface area contributed by atoms with Crippen molar-refractivity contribution in [3.05, 3.63) is 23.8 Å². The second-order valence-corrected chi connectivity index (χ2v) is 5.31. The summed E-state index contributed by atoms with van der Waals surface area (Å²) in [5.41, 5.74) is 1.53. The number of rotatable bonds is 8. The zero-order chi connectivity index (χ0) is 13.4. The van der Waals surface area contributed by atoms with Gasteiger partial charge in [0.15, 0.2) is 0 Å². The lowest BCUT2D eigenvalue weighted by Gasteiger charge is -2.10. The van der Waals surface area contributed by atoms with Crippen LogP contribution in [0.1, 0.15) is 31.7 Å². The molecule has 1 aromatic carbocycles. The number of hydrogen-bond donors (Lipinski definition) is 2. The van der Waals surface area contributed by atoms with E-state index >= 15 is 0 Å². The fourth-order valence-corrected chi connectivity index (χ4v) is 2.69. The average molecular weight is 268 g/mol. The summed E-state index contributed by atoms with van der Waals surface area (Å²) in [6.45, 7) is 2.20. The third-order valence-electron chi connectivity index (χ3n) is 2.73. The Labute approximate surface area is 114 Å². The SMILES string of the molecule is CCCCCSCc1ccc(OC)c(B(O)O)c1. The van der Waals surface area contributed by atoms with Crippen LogP contribution in [0.5, 0.6) is 5.75 Å². The van der Waals surface area contributed by atoms with E-state index in [0.717, 1.165) is 17.1 Å². The van der Waals surface area contributed by atoms with Gasteiger partial charge in [0.1, 0.15) is 5.75 Å². The van der Waals surface area contributed by atoms with Crippen LogP contribution < -0.4 is 10.2 Å². The first-order valence-electron chi connectivity index (χ1n) is 6.29. The molecule has 0 heterocycles. The van der Waals surface area contributed by atoms with Gasteiger partial charge in [0.25, 0.3) is 0 Å². The predicted octanol–water partition coefficient (Wildman–Crippen LogP) is 1.80. The maximum Gasteiger partial charge on any atom is 0.492 e. The Morgan fingerprint density at radius 2 is 2.06 bits per heavy atom. The molecule has 0 radical (unpaired) electrons. The standard InChI is InChI=1S/C13H21BO3S/c1-3-4-5-8-18-10-11-6-7-13(17-2)12(9-11)14(15)16/h6-7,9,15-16H,3-5,8,10H2,1-2H3. The summed E-state index contributed by atoms with van der Waals surface area (Å²) in [6.07, 6.45) is 3.76. The van der Waals surface area contributed by atoms with Crippen molar-refractivity contribution in [2.75, 3.05) is 12.9 Å². The van der Waals surface area contributed by atoms with Crippen molar-refractivity contribution >= 4 is 24.3 Å². The topological polar surface area (TPSA) is 49.7 Å². The van der Waals surface area contributed by atoms with Crippen LogP contribution in [0.2, 0.25) is 0 Å². The van der Waals surface area contributed by atoms with Crippen LogP contribution >= 0.6 is 11.8 Å². The van der Waals surface area contributed by atoms with E-state index < -0.39 is 7.12 Å². The number of benzene rings is 1. The molecular formula is C13H21BO3S. The van der Waals surface area contributed by atoms with Crippen LogP contribution in [0.4, 0.5) is 0 Å². The third-order valence-corrected chi connectivity index (χ3v) is 3.85. The van der Waals surface area contributed by atoms with Crippen molar-refractivity contribution in [3.63, 3.8) is 0 Å². The molecule has 1 rings (SSSR count). The molecule has 0 unspecified atom stereocenters. The second kappa shape index (κ2) is 8.46. The van der Waals surface area contributed by atoms with Gasteiger partial charge in [0.05, 0.1) is 7.11 Å². The van der Waals surface area contributed by atoms with Gasteiger partial charge in [-0.3, -0.25) is 0 Å². The van der Waals surface area contributed by atoms with Gasteiger partial charge in [-0.2, -0.15) is 11.8 Å². The molecule has 0 amide bonds. The molecule has 0 saturated heterocycles. The third kappa shape index (κ3) is 4.92. The van der Waals surface area contributed by atoms with E-state index in [1.54, 1.807) is 12.1 Å². The van der Waals surface area contributed by atoms with Crippen molar-refractivity contribution in [2.24, 2.45) is 0 Å². The zero-order valence-corrected chi connectivity index (χ0v) is 11.9. The molecule has 0 saturated carbocycles. The van der Waals surface area contributed by atoms with Gasteiger partial charge in [-0.15, -0.1) is 0 Å². The first kappa shape index (κ1) is 15.4. The Hall–Kier alpha value is -0.645. The van der Waals surface area contributed by atoms with Crippen molar-refractivity contribution in [2.45, 2.75) is 31.9 Å². The molecule has 2 N–H and O–H groups in total. The van der Waals surface area contributed by atoms with Gasteiger partial charge in [-0.05, 0) is 23.8 Å². The number of unbranched alkanes of at least 4 members (excludes halogenated alkanes) is 2. The van der Waals surface area contributed by atoms with E-state index in [1.165, 1.54) is 26.4 Å². The molecule has 0 aliphatic rings. The Morgan fingerprint density at radius 1 is 1.28 bits per heavy atom. The molecule has 3 nitrogen and oxygen atoms in total. The number of ether oxygens (including phenoxy) is 1. The second-order valence-electron chi connectivity index (χ2n) is 4.21. The molecular weight excluding hydrogens is 247 g/mol. The number of hydrogen-bond acceptors (Lipinski definition) is 4. The van der Waals surface area contributed by atoms with Crippen molar-refractivity contribution in [1.82, 2.24) is 0 Å². The van der Waals surface area contributed by atoms with Crippen LogP contribution in [-0.4, -0.2) is 30.0 Å². The summed E-state index contributed by atoms with van der Waals surface area (Å²) < 4.78 is 5.09. The highest BCUT2D eigenvalue weighted by Crippen LogP contribution is 2.16. The first-order valence-corrected chi connectivity index (χ1v) is 7.45. The monoisotopic (exact) mass is 268 g/mol. The van der Waals surface area contributed by atoms with E-state index in [2.05, 4.69) is 6.92 Å². The molecule has 1 aromatic rings. The predicted molar refractivity (Wildman–Crippen MR) is 78.5 cm³/mol. The van der Waals surface area contributed by atoms with E-state index in [4.69, 9.17) is 4.74 Å². The molecule has 100 valence electrons. The Kier molecular flexibility index (Phi) is 7.24. The summed E-state index contributed by atoms with van der Waals surface area (Å²) in [7, 11) is 0.0467. The van der Waals surface area contributed by atoms with Gasteiger partial charge in [0, 0.05) is 11.2 Å². The quantitative estimate of drug-likeness (QED) is 0.557. The average Bonchev–Trinajstić information content (AvgIpc) is 2.38. The fraction of sp³-hybridized carbons (Fsp3) is 0.538. The minimum atomic E-state index is -1.48.